The highest BCUT2D eigenvalue weighted by atomic mass is 16.8. The number of ether oxygens (including phenoxy) is 4. The van der Waals surface area contributed by atoms with Gasteiger partial charge in [0.25, 0.3) is 0 Å². The zero-order chi connectivity index (χ0) is 17.9. The van der Waals surface area contributed by atoms with Gasteiger partial charge in [-0.2, -0.15) is 0 Å². The molecule has 3 fully saturated rings. The summed E-state index contributed by atoms with van der Waals surface area (Å²) < 4.78 is 21.9. The Kier molecular flexibility index (Phi) is 4.30. The van der Waals surface area contributed by atoms with Gasteiger partial charge in [-0.15, -0.1) is 0 Å². The first-order chi connectivity index (χ1) is 11.9. The lowest BCUT2D eigenvalue weighted by atomic mass is 9.85. The maximum absolute atomic E-state index is 10.3. The van der Waals surface area contributed by atoms with E-state index in [9.17, 15) is 30.6 Å². The van der Waals surface area contributed by atoms with Crippen molar-refractivity contribution < 1.29 is 49.6 Å². The van der Waals surface area contributed by atoms with Gasteiger partial charge in [0.05, 0.1) is 31.5 Å². The molecule has 6 N–H and O–H groups in total. The summed E-state index contributed by atoms with van der Waals surface area (Å²) >= 11 is 0. The Hall–Kier alpha value is -0.820. The molecule has 4 rings (SSSR count). The second-order valence-electron chi connectivity index (χ2n) is 6.91. The third-order valence-electron chi connectivity index (χ3n) is 5.62. The van der Waals surface area contributed by atoms with Crippen LogP contribution in [0.25, 0.3) is 0 Å². The van der Waals surface area contributed by atoms with Crippen molar-refractivity contribution in [1.29, 1.82) is 0 Å². The molecule has 1 aliphatic carbocycles. The van der Waals surface area contributed by atoms with Crippen LogP contribution in [0.5, 0.6) is 0 Å². The molecule has 142 valence electrons. The first-order valence-electron chi connectivity index (χ1n) is 8.19. The van der Waals surface area contributed by atoms with E-state index in [1.54, 1.807) is 6.08 Å². The molecule has 3 aliphatic heterocycles. The molecule has 1 saturated carbocycles. The van der Waals surface area contributed by atoms with Crippen molar-refractivity contribution in [2.24, 2.45) is 11.8 Å². The minimum absolute atomic E-state index is 0.332. The van der Waals surface area contributed by atoms with Crippen molar-refractivity contribution in [1.82, 2.24) is 0 Å². The molecule has 0 radical (unpaired) electrons. The predicted molar refractivity (Wildman–Crippen MR) is 76.5 cm³/mol. The maximum Gasteiger partial charge on any atom is 0.208 e. The van der Waals surface area contributed by atoms with E-state index in [2.05, 4.69) is 0 Å². The fourth-order valence-electron chi connectivity index (χ4n) is 4.17. The molecule has 0 aromatic carbocycles. The molecule has 25 heavy (non-hydrogen) atoms. The lowest BCUT2D eigenvalue weighted by molar-refractivity contribution is -0.344. The Balaban J connectivity index is 1.53. The standard InChI is InChI=1S/C15H22O10/c16-3-6-9(19)10(20)11(21)14(23-6)24-13-7-5(1-2-22-13)8(18)12-15(7,4-17)25-12/h1-2,5-14,16-21H,3-4H2/t5-,6+,7-,8+,9+,10-,11+,12+,13-,14-,15-/m1/s1. The molecule has 0 bridgehead atoms. The number of rotatable bonds is 4. The molecule has 0 amide bonds. The van der Waals surface area contributed by atoms with Crippen molar-refractivity contribution in [3.8, 4) is 0 Å². The summed E-state index contributed by atoms with van der Waals surface area (Å²) in [6.07, 6.45) is -6.47. The Morgan fingerprint density at radius 1 is 0.960 bits per heavy atom. The second kappa shape index (κ2) is 6.12. The number of epoxide rings is 1. The molecular formula is C15H22O10. The molecule has 0 unspecified atom stereocenters. The second-order valence-corrected chi connectivity index (χ2v) is 6.91. The Morgan fingerprint density at radius 2 is 1.72 bits per heavy atom. The van der Waals surface area contributed by atoms with E-state index in [1.165, 1.54) is 6.26 Å². The highest BCUT2D eigenvalue weighted by Gasteiger charge is 2.75. The van der Waals surface area contributed by atoms with Crippen molar-refractivity contribution in [2.75, 3.05) is 13.2 Å². The first-order valence-corrected chi connectivity index (χ1v) is 8.19. The fourth-order valence-corrected chi connectivity index (χ4v) is 4.17. The molecule has 11 atom stereocenters. The van der Waals surface area contributed by atoms with Gasteiger partial charge < -0.3 is 49.6 Å². The van der Waals surface area contributed by atoms with Crippen LogP contribution < -0.4 is 0 Å². The van der Waals surface area contributed by atoms with Gasteiger partial charge in [0.2, 0.25) is 6.29 Å². The van der Waals surface area contributed by atoms with E-state index in [0.29, 0.717) is 0 Å². The van der Waals surface area contributed by atoms with Crippen LogP contribution >= 0.6 is 0 Å². The van der Waals surface area contributed by atoms with Gasteiger partial charge in [0, 0.05) is 5.92 Å². The monoisotopic (exact) mass is 362 g/mol. The van der Waals surface area contributed by atoms with Crippen LogP contribution in [0.15, 0.2) is 12.3 Å². The highest BCUT2D eigenvalue weighted by molar-refractivity contribution is 5.24. The third-order valence-corrected chi connectivity index (χ3v) is 5.62. The minimum atomic E-state index is -1.57. The van der Waals surface area contributed by atoms with Crippen LogP contribution in [-0.4, -0.2) is 98.7 Å². The average Bonchev–Trinajstić information content (AvgIpc) is 3.31. The smallest absolute Gasteiger partial charge is 0.208 e. The first kappa shape index (κ1) is 17.6. The Labute approximate surface area is 142 Å². The zero-order valence-electron chi connectivity index (χ0n) is 13.2. The molecule has 3 heterocycles. The average molecular weight is 362 g/mol. The fraction of sp³-hybridized carbons (Fsp3) is 0.867. The van der Waals surface area contributed by atoms with E-state index in [0.717, 1.165) is 0 Å². The summed E-state index contributed by atoms with van der Waals surface area (Å²) in [7, 11) is 0. The predicted octanol–water partition coefficient (Wildman–Crippen LogP) is -3.59. The van der Waals surface area contributed by atoms with Crippen molar-refractivity contribution in [3.05, 3.63) is 12.3 Å². The van der Waals surface area contributed by atoms with Crippen LogP contribution in [0.4, 0.5) is 0 Å². The minimum Gasteiger partial charge on any atom is -0.472 e. The topological polar surface area (TPSA) is 162 Å². The number of hydrogen-bond donors (Lipinski definition) is 6. The maximum atomic E-state index is 10.3. The number of hydrogen-bond acceptors (Lipinski definition) is 10. The molecule has 2 saturated heterocycles. The summed E-state index contributed by atoms with van der Waals surface area (Å²) in [5.74, 6) is -0.913. The lowest BCUT2D eigenvalue weighted by Gasteiger charge is -2.43. The van der Waals surface area contributed by atoms with E-state index in [-0.39, 0.29) is 12.5 Å². The highest BCUT2D eigenvalue weighted by Crippen LogP contribution is 2.59. The summed E-state index contributed by atoms with van der Waals surface area (Å²) in [5.41, 5.74) is -0.992. The summed E-state index contributed by atoms with van der Waals surface area (Å²) in [6.45, 7) is -0.908. The quantitative estimate of drug-likeness (QED) is 0.276. The molecule has 0 aromatic heterocycles. The van der Waals surface area contributed by atoms with Gasteiger partial charge in [-0.25, -0.2) is 0 Å². The molecule has 10 nitrogen and oxygen atoms in total. The van der Waals surface area contributed by atoms with E-state index in [4.69, 9.17) is 18.9 Å². The Morgan fingerprint density at radius 3 is 2.40 bits per heavy atom. The molecule has 0 spiro atoms. The number of aliphatic hydroxyl groups excluding tert-OH is 6. The van der Waals surface area contributed by atoms with Crippen molar-refractivity contribution in [3.63, 3.8) is 0 Å². The Bertz CT molecular complexity index is 540. The lowest BCUT2D eigenvalue weighted by Crippen LogP contribution is -2.60. The summed E-state index contributed by atoms with van der Waals surface area (Å²) in [6, 6.07) is 0. The van der Waals surface area contributed by atoms with Gasteiger partial charge >= 0.3 is 0 Å². The van der Waals surface area contributed by atoms with Crippen LogP contribution in [-0.2, 0) is 18.9 Å². The van der Waals surface area contributed by atoms with Gasteiger partial charge in [0.15, 0.2) is 6.29 Å². The van der Waals surface area contributed by atoms with E-state index in [1.807, 2.05) is 0 Å². The zero-order valence-corrected chi connectivity index (χ0v) is 13.2. The summed E-state index contributed by atoms with van der Waals surface area (Å²) in [5, 5.41) is 59.0. The molecule has 0 aromatic rings. The van der Waals surface area contributed by atoms with E-state index < -0.39 is 67.3 Å². The van der Waals surface area contributed by atoms with Crippen molar-refractivity contribution in [2.45, 2.75) is 54.8 Å². The third kappa shape index (κ3) is 2.45. The van der Waals surface area contributed by atoms with Gasteiger partial charge in [-0.3, -0.25) is 0 Å². The SMILES string of the molecule is OC[C@@H]1O[C@H](O[C@H]2OC=C[C@H]3[C@H](O)[C@@H]4O[C@]4(CO)[C@@H]23)[C@@H](O)[C@H](O)[C@H]1O. The largest absolute Gasteiger partial charge is 0.472 e. The number of aliphatic hydroxyl groups is 6. The normalized spacial score (nSPS) is 56.9. The van der Waals surface area contributed by atoms with Gasteiger partial charge in [-0.05, 0) is 6.08 Å². The van der Waals surface area contributed by atoms with Gasteiger partial charge in [-0.1, -0.05) is 0 Å². The molecular weight excluding hydrogens is 340 g/mol. The van der Waals surface area contributed by atoms with Crippen LogP contribution in [0, 0.1) is 11.8 Å². The van der Waals surface area contributed by atoms with Crippen LogP contribution in [0.3, 0.4) is 0 Å². The summed E-state index contributed by atoms with van der Waals surface area (Å²) in [4.78, 5) is 0. The van der Waals surface area contributed by atoms with Crippen molar-refractivity contribution >= 4 is 0 Å². The van der Waals surface area contributed by atoms with Crippen LogP contribution in [0.1, 0.15) is 0 Å². The molecule has 4 aliphatic rings. The molecule has 10 heteroatoms. The van der Waals surface area contributed by atoms with Crippen LogP contribution in [0.2, 0.25) is 0 Å². The van der Waals surface area contributed by atoms with E-state index >= 15 is 0 Å². The van der Waals surface area contributed by atoms with Gasteiger partial charge in [0.1, 0.15) is 36.1 Å². The number of fused-ring (bicyclic) bond motifs is 3.